The third-order valence-electron chi connectivity index (χ3n) is 4.96. The Morgan fingerprint density at radius 1 is 1.00 bits per heavy atom. The second kappa shape index (κ2) is 7.12. The standard InChI is InChI=1S/C21H22N2O6/c1-12-17(22-6-7-22)20(25)14(18(19(12)24)23-8-9-23)11-29-21(26)13-4-5-15(27-2)16(10-13)28-3/h4-5,10-11,24-25H,1,6-9H2,2-3H3/b14-11+. The molecule has 0 atom stereocenters. The number of carbonyl (C=O) groups is 1. The number of carbonyl (C=O) groups excluding carboxylic acids is 1. The van der Waals surface area contributed by atoms with E-state index in [2.05, 4.69) is 6.58 Å². The summed E-state index contributed by atoms with van der Waals surface area (Å²) in [4.78, 5) is 16.3. The molecule has 0 bridgehead atoms. The molecule has 29 heavy (non-hydrogen) atoms. The third kappa shape index (κ3) is 3.37. The van der Waals surface area contributed by atoms with Crippen LogP contribution in [-0.4, -0.2) is 56.6 Å². The number of benzene rings is 2. The summed E-state index contributed by atoms with van der Waals surface area (Å²) in [6.45, 7) is 6.91. The molecule has 0 aromatic heterocycles. The fourth-order valence-electron chi connectivity index (χ4n) is 3.23. The van der Waals surface area contributed by atoms with Gasteiger partial charge in [0.2, 0.25) is 0 Å². The van der Waals surface area contributed by atoms with Crippen molar-refractivity contribution < 1.29 is 29.2 Å². The molecule has 8 nitrogen and oxygen atoms in total. The molecule has 152 valence electrons. The lowest BCUT2D eigenvalue weighted by atomic mass is 10.1. The van der Waals surface area contributed by atoms with Crippen LogP contribution in [0.5, 0.6) is 23.0 Å². The minimum absolute atomic E-state index is 0.0179. The number of aromatic hydroxyl groups is 2. The van der Waals surface area contributed by atoms with Gasteiger partial charge in [-0.25, -0.2) is 4.79 Å². The summed E-state index contributed by atoms with van der Waals surface area (Å²) in [5.41, 5.74) is 1.13. The lowest BCUT2D eigenvalue weighted by Gasteiger charge is -2.15. The Morgan fingerprint density at radius 3 is 2.21 bits per heavy atom. The van der Waals surface area contributed by atoms with Crippen LogP contribution in [0.15, 0.2) is 18.2 Å². The fraction of sp³-hybridized carbons (Fsp3) is 0.286. The van der Waals surface area contributed by atoms with E-state index in [9.17, 15) is 15.0 Å². The zero-order chi connectivity index (χ0) is 20.7. The number of rotatable bonds is 6. The van der Waals surface area contributed by atoms with Crippen LogP contribution in [0.4, 0.5) is 11.4 Å². The summed E-state index contributed by atoms with van der Waals surface area (Å²) in [6.07, 6.45) is 1.17. The number of methoxy groups -OCH3 is 2. The molecule has 2 N–H and O–H groups in total. The highest BCUT2D eigenvalue weighted by Gasteiger charge is 2.31. The molecule has 4 rings (SSSR count). The predicted molar refractivity (Wildman–Crippen MR) is 108 cm³/mol. The van der Waals surface area contributed by atoms with Crippen LogP contribution in [0.1, 0.15) is 10.4 Å². The number of esters is 1. The van der Waals surface area contributed by atoms with Crippen molar-refractivity contribution in [3.05, 3.63) is 34.2 Å². The van der Waals surface area contributed by atoms with Gasteiger partial charge in [-0.2, -0.15) is 0 Å². The smallest absolute Gasteiger partial charge is 0.343 e. The van der Waals surface area contributed by atoms with Crippen molar-refractivity contribution >= 4 is 30.2 Å². The van der Waals surface area contributed by atoms with E-state index < -0.39 is 5.97 Å². The van der Waals surface area contributed by atoms with E-state index >= 15 is 0 Å². The monoisotopic (exact) mass is 398 g/mol. The van der Waals surface area contributed by atoms with Gasteiger partial charge in [0.05, 0.1) is 36.4 Å². The van der Waals surface area contributed by atoms with Gasteiger partial charge in [0.1, 0.15) is 12.0 Å². The highest BCUT2D eigenvalue weighted by molar-refractivity contribution is 5.92. The molecule has 2 aromatic carbocycles. The van der Waals surface area contributed by atoms with Crippen molar-refractivity contribution in [3.8, 4) is 23.0 Å². The minimum Gasteiger partial charge on any atom is -0.505 e. The van der Waals surface area contributed by atoms with Gasteiger partial charge in [0.25, 0.3) is 0 Å². The van der Waals surface area contributed by atoms with Gasteiger partial charge in [0.15, 0.2) is 17.2 Å². The van der Waals surface area contributed by atoms with Gasteiger partial charge in [-0.3, -0.25) is 0 Å². The number of anilines is 2. The van der Waals surface area contributed by atoms with Crippen molar-refractivity contribution in [3.63, 3.8) is 0 Å². The first kappa shape index (κ1) is 18.8. The van der Waals surface area contributed by atoms with Crippen LogP contribution in [0.3, 0.4) is 0 Å². The lowest BCUT2D eigenvalue weighted by molar-refractivity contribution is 0.0705. The molecule has 0 saturated carbocycles. The van der Waals surface area contributed by atoms with E-state index in [1.54, 1.807) is 12.1 Å². The van der Waals surface area contributed by atoms with Crippen molar-refractivity contribution in [1.82, 2.24) is 0 Å². The average molecular weight is 398 g/mol. The zero-order valence-electron chi connectivity index (χ0n) is 16.3. The average Bonchev–Trinajstić information content (AvgIpc) is 3.62. The van der Waals surface area contributed by atoms with Gasteiger partial charge in [-0.1, -0.05) is 6.58 Å². The minimum atomic E-state index is -0.631. The molecule has 2 aromatic rings. The Hall–Kier alpha value is -3.55. The molecular formula is C21H22N2O6. The number of hydrogen-bond acceptors (Lipinski definition) is 8. The highest BCUT2D eigenvalue weighted by Crippen LogP contribution is 2.34. The molecular weight excluding hydrogens is 376 g/mol. The predicted octanol–water partition coefficient (Wildman–Crippen LogP) is 0.760. The first-order chi connectivity index (χ1) is 14.0. The first-order valence-electron chi connectivity index (χ1n) is 9.16. The largest absolute Gasteiger partial charge is 0.505 e. The van der Waals surface area contributed by atoms with E-state index in [1.165, 1.54) is 26.5 Å². The van der Waals surface area contributed by atoms with Crippen LogP contribution < -0.4 is 29.7 Å². The summed E-state index contributed by atoms with van der Waals surface area (Å²) < 4.78 is 15.7. The van der Waals surface area contributed by atoms with Gasteiger partial charge >= 0.3 is 5.97 Å². The molecule has 0 spiro atoms. The maximum atomic E-state index is 12.5. The molecule has 0 amide bonds. The Labute approximate surface area is 167 Å². The number of phenols is 2. The normalized spacial score (nSPS) is 15.3. The summed E-state index contributed by atoms with van der Waals surface area (Å²) in [7, 11) is 2.98. The topological polar surface area (TPSA) is 91.2 Å². The number of nitrogens with zero attached hydrogens (tertiary/aromatic N) is 2. The van der Waals surface area contributed by atoms with E-state index in [-0.39, 0.29) is 22.3 Å². The molecule has 0 unspecified atom stereocenters. The maximum absolute atomic E-state index is 12.5. The van der Waals surface area contributed by atoms with E-state index in [4.69, 9.17) is 14.2 Å². The van der Waals surface area contributed by atoms with E-state index in [1.807, 2.05) is 9.80 Å². The molecule has 2 fully saturated rings. The highest BCUT2D eigenvalue weighted by atomic mass is 16.5. The first-order valence-corrected chi connectivity index (χ1v) is 9.16. The molecule has 8 heteroatoms. The van der Waals surface area contributed by atoms with Crippen molar-refractivity contribution in [2.75, 3.05) is 50.2 Å². The summed E-state index contributed by atoms with van der Waals surface area (Å²) in [6, 6.07) is 4.68. The molecule has 0 aliphatic carbocycles. The second-order valence-corrected chi connectivity index (χ2v) is 6.85. The van der Waals surface area contributed by atoms with Crippen molar-refractivity contribution in [2.45, 2.75) is 0 Å². The molecule has 2 aliphatic heterocycles. The van der Waals surface area contributed by atoms with Crippen molar-refractivity contribution in [1.29, 1.82) is 0 Å². The lowest BCUT2D eigenvalue weighted by Crippen LogP contribution is -2.21. The maximum Gasteiger partial charge on any atom is 0.343 e. The number of phenolic OH excluding ortho intramolecular Hbond substituents is 2. The fourth-order valence-corrected chi connectivity index (χ4v) is 3.23. The van der Waals surface area contributed by atoms with Gasteiger partial charge in [-0.15, -0.1) is 0 Å². The quantitative estimate of drug-likeness (QED) is 0.419. The van der Waals surface area contributed by atoms with Crippen molar-refractivity contribution in [2.24, 2.45) is 0 Å². The molecule has 2 saturated heterocycles. The summed E-state index contributed by atoms with van der Waals surface area (Å²) >= 11 is 0. The second-order valence-electron chi connectivity index (χ2n) is 6.85. The van der Waals surface area contributed by atoms with Gasteiger partial charge < -0.3 is 34.2 Å². The van der Waals surface area contributed by atoms with E-state index in [0.717, 1.165) is 26.2 Å². The molecule has 2 heterocycles. The van der Waals surface area contributed by atoms with Crippen LogP contribution >= 0.6 is 0 Å². The molecule has 2 aliphatic rings. The van der Waals surface area contributed by atoms with Gasteiger partial charge in [-0.05, 0) is 18.2 Å². The number of ether oxygens (including phenoxy) is 3. The third-order valence-corrected chi connectivity index (χ3v) is 4.96. The van der Waals surface area contributed by atoms with Crippen LogP contribution in [0, 0.1) is 0 Å². The van der Waals surface area contributed by atoms with Crippen LogP contribution in [0.2, 0.25) is 0 Å². The zero-order valence-corrected chi connectivity index (χ0v) is 16.3. The Kier molecular flexibility index (Phi) is 4.62. The molecule has 0 radical (unpaired) electrons. The van der Waals surface area contributed by atoms with Gasteiger partial charge in [0, 0.05) is 31.4 Å². The Morgan fingerprint density at radius 2 is 1.62 bits per heavy atom. The van der Waals surface area contributed by atoms with E-state index in [0.29, 0.717) is 28.1 Å². The summed E-state index contributed by atoms with van der Waals surface area (Å²) in [5.74, 6) is 0.183. The Bertz CT molecular complexity index is 1090. The van der Waals surface area contributed by atoms with Crippen LogP contribution in [0.25, 0.3) is 12.8 Å². The Balaban J connectivity index is 1.73. The number of hydrogen-bond donors (Lipinski definition) is 2. The SMILES string of the molecule is C=c1c(O)c(N2CC2)/c(=C\OC(=O)c2ccc(OC)c(OC)c2)c(O)c1N1CC1. The van der Waals surface area contributed by atoms with Crippen LogP contribution in [-0.2, 0) is 4.74 Å². The summed E-state index contributed by atoms with van der Waals surface area (Å²) in [5, 5.41) is 22.1.